The van der Waals surface area contributed by atoms with Gasteiger partial charge in [-0.1, -0.05) is 36.4 Å². The summed E-state index contributed by atoms with van der Waals surface area (Å²) < 4.78 is 3.45. The third kappa shape index (κ3) is 5.64. The molecule has 2 heterocycles. The molecule has 7 nitrogen and oxygen atoms in total. The Labute approximate surface area is 203 Å². The largest absolute Gasteiger partial charge is 1.00 e. The van der Waals surface area contributed by atoms with Crippen LogP contribution >= 0.6 is 0 Å². The minimum atomic E-state index is -0.408. The first-order valence-electron chi connectivity index (χ1n) is 9.78. The topological polar surface area (TPSA) is 91.4 Å². The molecule has 0 spiro atoms. The fourth-order valence-corrected chi connectivity index (χ4v) is 3.47. The predicted molar refractivity (Wildman–Crippen MR) is 115 cm³/mol. The second-order valence-corrected chi connectivity index (χ2v) is 7.12. The van der Waals surface area contributed by atoms with E-state index in [0.29, 0.717) is 16.3 Å². The number of anilines is 1. The molecule has 33 heavy (non-hydrogen) atoms. The minimum Gasteiger partial charge on any atom is -1.00 e. The number of aromatic nitrogens is 2. The maximum atomic E-state index is 13.0. The number of phenols is 1. The van der Waals surface area contributed by atoms with Crippen molar-refractivity contribution in [3.8, 4) is 5.75 Å². The number of nitrogens with two attached hydrogens (primary N) is 1. The maximum absolute atomic E-state index is 13.0. The number of halogens is 2. The Bertz CT molecular complexity index is 1250. The van der Waals surface area contributed by atoms with E-state index in [4.69, 9.17) is 5.84 Å². The summed E-state index contributed by atoms with van der Waals surface area (Å²) in [5.41, 5.74) is 0.508. The molecular formula is C24H22Cl2N4O3. The number of Topliss-reactive ketones (excluding diaryl/α,β-unsaturated/α-hetero) is 1. The average molecular weight is 485 g/mol. The zero-order valence-electron chi connectivity index (χ0n) is 17.5. The number of ketones is 1. The molecule has 0 saturated carbocycles. The van der Waals surface area contributed by atoms with Crippen molar-refractivity contribution in [1.82, 2.24) is 0 Å². The van der Waals surface area contributed by atoms with Crippen LogP contribution in [0.1, 0.15) is 10.4 Å². The van der Waals surface area contributed by atoms with Crippen LogP contribution in [0.25, 0.3) is 10.8 Å². The van der Waals surface area contributed by atoms with Gasteiger partial charge in [-0.3, -0.25) is 9.59 Å². The first-order valence-corrected chi connectivity index (χ1v) is 9.78. The van der Waals surface area contributed by atoms with Crippen LogP contribution in [0.5, 0.6) is 5.75 Å². The number of hydrogen-bond acceptors (Lipinski definition) is 4. The number of aromatic hydroxyl groups is 1. The molecule has 0 unspecified atom stereocenters. The minimum absolute atomic E-state index is 0. The predicted octanol–water partition coefficient (Wildman–Crippen LogP) is -4.08. The quantitative estimate of drug-likeness (QED) is 0.0956. The molecule has 2 aromatic heterocycles. The summed E-state index contributed by atoms with van der Waals surface area (Å²) in [6, 6.07) is 19.6. The van der Waals surface area contributed by atoms with E-state index in [1.54, 1.807) is 64.3 Å². The standard InChI is InChI=1S/C24H21N4O3.2ClH/c25-28(22(30)17-27-14-5-2-6-15-27)20-11-10-18-8-7-9-19(23(18)24(20)31)21(29)16-26-12-3-1-4-13-26;;/h1-15H,16-17,25H2;2*1H/q+1;;/p-1. The van der Waals surface area contributed by atoms with Gasteiger partial charge in [0, 0.05) is 35.2 Å². The van der Waals surface area contributed by atoms with E-state index >= 15 is 0 Å². The molecule has 0 aliphatic rings. The lowest BCUT2D eigenvalue weighted by Crippen LogP contribution is -3.00. The molecule has 0 aliphatic carbocycles. The van der Waals surface area contributed by atoms with Crippen LogP contribution in [-0.2, 0) is 17.9 Å². The highest BCUT2D eigenvalue weighted by molar-refractivity contribution is 6.12. The van der Waals surface area contributed by atoms with Gasteiger partial charge in [-0.05, 0) is 11.5 Å². The Morgan fingerprint density at radius 2 is 1.36 bits per heavy atom. The SMILES string of the molecule is NN(C(=O)C[n+]1ccccc1)c1ccc2cccc(C(=O)C[n+]3ccccc3)c2c1O.[Cl-].[Cl-]. The zero-order valence-corrected chi connectivity index (χ0v) is 19.0. The van der Waals surface area contributed by atoms with Crippen molar-refractivity contribution in [1.29, 1.82) is 0 Å². The zero-order chi connectivity index (χ0) is 21.8. The van der Waals surface area contributed by atoms with Gasteiger partial charge in [-0.15, -0.1) is 0 Å². The number of hydrogen-bond donors (Lipinski definition) is 2. The summed E-state index contributed by atoms with van der Waals surface area (Å²) in [6.45, 7) is 0.138. The first-order chi connectivity index (χ1) is 15.0. The van der Waals surface area contributed by atoms with Gasteiger partial charge in [0.05, 0.1) is 0 Å². The smallest absolute Gasteiger partial charge is 0.307 e. The van der Waals surface area contributed by atoms with Crippen molar-refractivity contribution in [3.63, 3.8) is 0 Å². The Kier molecular flexibility index (Phi) is 8.87. The van der Waals surface area contributed by atoms with Gasteiger partial charge >= 0.3 is 5.91 Å². The molecular weight excluding hydrogens is 463 g/mol. The Morgan fingerprint density at radius 3 is 1.97 bits per heavy atom. The molecule has 2 aromatic carbocycles. The summed E-state index contributed by atoms with van der Waals surface area (Å²) in [5, 5.41) is 13.0. The van der Waals surface area contributed by atoms with E-state index in [9.17, 15) is 14.7 Å². The molecule has 1 amide bonds. The fourth-order valence-electron chi connectivity index (χ4n) is 3.47. The molecule has 9 heteroatoms. The molecule has 4 aromatic rings. The molecule has 3 N–H and O–H groups in total. The molecule has 0 saturated heterocycles. The van der Waals surface area contributed by atoms with Gasteiger partial charge in [0.1, 0.15) is 11.4 Å². The van der Waals surface area contributed by atoms with Gasteiger partial charge < -0.3 is 29.9 Å². The number of pyridine rings is 2. The van der Waals surface area contributed by atoms with Crippen LogP contribution in [0.4, 0.5) is 5.69 Å². The van der Waals surface area contributed by atoms with Gasteiger partial charge in [-0.25, -0.2) is 10.9 Å². The van der Waals surface area contributed by atoms with Crippen molar-refractivity contribution in [2.45, 2.75) is 13.1 Å². The highest BCUT2D eigenvalue weighted by Gasteiger charge is 2.23. The number of hydrazine groups is 1. The second kappa shape index (κ2) is 11.4. The number of benzene rings is 2. The lowest BCUT2D eigenvalue weighted by molar-refractivity contribution is -0.684. The number of nitrogens with zero attached hydrogens (tertiary/aromatic N) is 3. The monoisotopic (exact) mass is 484 g/mol. The highest BCUT2D eigenvalue weighted by atomic mass is 35.5. The fraction of sp³-hybridized carbons (Fsp3) is 0.0833. The van der Waals surface area contributed by atoms with Crippen LogP contribution in [0.3, 0.4) is 0 Å². The first kappa shape index (κ1) is 25.7. The van der Waals surface area contributed by atoms with Crippen LogP contribution in [-0.4, -0.2) is 16.8 Å². The molecule has 0 radical (unpaired) electrons. The van der Waals surface area contributed by atoms with E-state index < -0.39 is 5.91 Å². The molecule has 4 rings (SSSR count). The summed E-state index contributed by atoms with van der Waals surface area (Å²) in [4.78, 5) is 25.6. The number of amides is 1. The number of carbonyl (C=O) groups is 2. The van der Waals surface area contributed by atoms with Gasteiger partial charge in [0.15, 0.2) is 24.8 Å². The molecule has 0 aliphatic heterocycles. The molecule has 0 fully saturated rings. The lowest BCUT2D eigenvalue weighted by atomic mass is 9.99. The highest BCUT2D eigenvalue weighted by Crippen LogP contribution is 2.36. The summed E-state index contributed by atoms with van der Waals surface area (Å²) in [6.07, 6.45) is 7.11. The molecule has 0 bridgehead atoms. The van der Waals surface area contributed by atoms with Crippen molar-refractivity contribution in [3.05, 3.63) is 97.1 Å². The van der Waals surface area contributed by atoms with E-state index in [1.807, 2.05) is 36.4 Å². The van der Waals surface area contributed by atoms with Crippen molar-refractivity contribution < 1.29 is 48.6 Å². The van der Waals surface area contributed by atoms with Crippen LogP contribution in [0.15, 0.2) is 91.5 Å². The number of phenolic OH excluding ortho intramolecular Hbond substituents is 1. The van der Waals surface area contributed by atoms with Crippen LogP contribution < -0.4 is 44.8 Å². The van der Waals surface area contributed by atoms with Crippen molar-refractivity contribution >= 4 is 28.2 Å². The molecule has 170 valence electrons. The Morgan fingerprint density at radius 1 is 0.788 bits per heavy atom. The van der Waals surface area contributed by atoms with E-state index in [1.165, 1.54) is 0 Å². The maximum Gasteiger partial charge on any atom is 0.307 e. The number of rotatable bonds is 6. The van der Waals surface area contributed by atoms with E-state index in [-0.39, 0.29) is 55.1 Å². The Balaban J connectivity index is 0.00000193. The second-order valence-electron chi connectivity index (χ2n) is 7.12. The third-order valence-electron chi connectivity index (χ3n) is 5.02. The van der Waals surface area contributed by atoms with Crippen molar-refractivity contribution in [2.24, 2.45) is 5.84 Å². The van der Waals surface area contributed by atoms with Gasteiger partial charge in [0.25, 0.3) is 0 Å². The summed E-state index contributed by atoms with van der Waals surface area (Å²) in [5.74, 6) is 5.28. The Hall–Kier alpha value is -3.52. The lowest BCUT2D eigenvalue weighted by Gasteiger charge is -2.18. The van der Waals surface area contributed by atoms with Gasteiger partial charge in [0.2, 0.25) is 18.9 Å². The third-order valence-corrected chi connectivity index (χ3v) is 5.02. The van der Waals surface area contributed by atoms with Crippen molar-refractivity contribution in [2.75, 3.05) is 5.01 Å². The van der Waals surface area contributed by atoms with E-state index in [0.717, 1.165) is 5.01 Å². The van der Waals surface area contributed by atoms with Crippen LogP contribution in [0, 0.1) is 0 Å². The normalized spacial score (nSPS) is 10.1. The summed E-state index contributed by atoms with van der Waals surface area (Å²) in [7, 11) is 0. The summed E-state index contributed by atoms with van der Waals surface area (Å²) >= 11 is 0. The molecule has 0 atom stereocenters. The number of fused-ring (bicyclic) bond motifs is 1. The average Bonchev–Trinajstić information content (AvgIpc) is 2.80. The van der Waals surface area contributed by atoms with Crippen LogP contribution in [0.2, 0.25) is 0 Å². The number of carbonyl (C=O) groups excluding carboxylic acids is 2. The van der Waals surface area contributed by atoms with E-state index in [2.05, 4.69) is 0 Å². The van der Waals surface area contributed by atoms with Gasteiger partial charge in [-0.2, -0.15) is 9.13 Å².